The highest BCUT2D eigenvalue weighted by Gasteiger charge is 2.32. The van der Waals surface area contributed by atoms with E-state index in [1.807, 2.05) is 0 Å². The molecule has 24 heavy (non-hydrogen) atoms. The van der Waals surface area contributed by atoms with Gasteiger partial charge in [-0.25, -0.2) is 4.39 Å². The van der Waals surface area contributed by atoms with Gasteiger partial charge in [0.05, 0.1) is 12.6 Å². The summed E-state index contributed by atoms with van der Waals surface area (Å²) in [6, 6.07) is 5.48. The number of thioether (sulfide) groups is 1. The predicted molar refractivity (Wildman–Crippen MR) is 90.4 cm³/mol. The molecule has 2 N–H and O–H groups in total. The van der Waals surface area contributed by atoms with E-state index in [0.29, 0.717) is 17.4 Å². The van der Waals surface area contributed by atoms with Crippen LogP contribution in [0.15, 0.2) is 29.3 Å². The maximum atomic E-state index is 12.8. The Hall–Kier alpha value is -1.93. The lowest BCUT2D eigenvalue weighted by molar-refractivity contribution is -0.122. The Bertz CT molecular complexity index is 644. The number of hydrogen-bond acceptors (Lipinski definition) is 5. The molecule has 2 aliphatic heterocycles. The second-order valence-electron chi connectivity index (χ2n) is 5.64. The molecule has 2 fully saturated rings. The third kappa shape index (κ3) is 4.55. The summed E-state index contributed by atoms with van der Waals surface area (Å²) in [4.78, 5) is 28.3. The summed E-state index contributed by atoms with van der Waals surface area (Å²) in [5, 5.41) is 5.37. The fraction of sp³-hybridized carbons (Fsp3) is 0.438. The monoisotopic (exact) mass is 351 g/mol. The Labute approximate surface area is 143 Å². The first-order valence-electron chi connectivity index (χ1n) is 7.79. The molecule has 128 valence electrons. The molecule has 3 rings (SSSR count). The lowest BCUT2D eigenvalue weighted by atomic mass is 10.2. The van der Waals surface area contributed by atoms with Gasteiger partial charge in [-0.1, -0.05) is 11.8 Å². The fourth-order valence-corrected chi connectivity index (χ4v) is 3.48. The lowest BCUT2D eigenvalue weighted by Gasteiger charge is -2.07. The van der Waals surface area contributed by atoms with Gasteiger partial charge in [0.2, 0.25) is 11.8 Å². The first-order chi connectivity index (χ1) is 11.6. The van der Waals surface area contributed by atoms with Crippen molar-refractivity contribution in [3.63, 3.8) is 0 Å². The van der Waals surface area contributed by atoms with Crippen LogP contribution < -0.4 is 10.6 Å². The Balaban J connectivity index is 1.49. The predicted octanol–water partition coefficient (Wildman–Crippen LogP) is 1.92. The number of carbonyl (C=O) groups excluding carboxylic acids is 2. The van der Waals surface area contributed by atoms with E-state index in [-0.39, 0.29) is 30.2 Å². The number of amides is 2. The second-order valence-corrected chi connectivity index (χ2v) is 6.83. The smallest absolute Gasteiger partial charge is 0.240 e. The number of ether oxygens (including phenoxy) is 1. The first-order valence-corrected chi connectivity index (χ1v) is 8.67. The molecule has 2 heterocycles. The minimum absolute atomic E-state index is 0.0345. The first kappa shape index (κ1) is 16.9. The fourth-order valence-electron chi connectivity index (χ4n) is 2.50. The van der Waals surface area contributed by atoms with Crippen LogP contribution in [0.1, 0.15) is 19.3 Å². The summed E-state index contributed by atoms with van der Waals surface area (Å²) in [7, 11) is 0. The van der Waals surface area contributed by atoms with Crippen LogP contribution in [0, 0.1) is 5.82 Å². The highest BCUT2D eigenvalue weighted by atomic mass is 32.2. The molecule has 6 nitrogen and oxygen atoms in total. The molecule has 1 aromatic carbocycles. The number of rotatable bonds is 5. The number of nitrogens with one attached hydrogen (secondary N) is 2. The van der Waals surface area contributed by atoms with Gasteiger partial charge >= 0.3 is 0 Å². The number of nitrogens with zero attached hydrogens (tertiary/aromatic N) is 1. The molecule has 0 saturated carbocycles. The Morgan fingerprint density at radius 1 is 1.42 bits per heavy atom. The minimum atomic E-state index is -0.506. The third-order valence-electron chi connectivity index (χ3n) is 3.74. The van der Waals surface area contributed by atoms with Crippen molar-refractivity contribution in [2.24, 2.45) is 4.99 Å². The van der Waals surface area contributed by atoms with E-state index >= 15 is 0 Å². The zero-order valence-electron chi connectivity index (χ0n) is 13.0. The van der Waals surface area contributed by atoms with Gasteiger partial charge in [0.15, 0.2) is 5.17 Å². The largest absolute Gasteiger partial charge is 0.376 e. The molecule has 2 atom stereocenters. The number of aliphatic imine (C=N–C) groups is 1. The van der Waals surface area contributed by atoms with Gasteiger partial charge in [-0.2, -0.15) is 0 Å². The summed E-state index contributed by atoms with van der Waals surface area (Å²) in [5.74, 6) is -0.888. The molecule has 0 aromatic heterocycles. The summed E-state index contributed by atoms with van der Waals surface area (Å²) in [6.45, 7) is 1.29. The zero-order valence-corrected chi connectivity index (χ0v) is 13.8. The molecule has 2 saturated heterocycles. The maximum Gasteiger partial charge on any atom is 0.240 e. The molecule has 8 heteroatoms. The Morgan fingerprint density at radius 2 is 2.21 bits per heavy atom. The van der Waals surface area contributed by atoms with Crippen LogP contribution in [-0.2, 0) is 14.3 Å². The average Bonchev–Trinajstić information content (AvgIpc) is 3.18. The molecule has 0 bridgehead atoms. The topological polar surface area (TPSA) is 79.8 Å². The van der Waals surface area contributed by atoms with Crippen LogP contribution in [0.2, 0.25) is 0 Å². The lowest BCUT2D eigenvalue weighted by Crippen LogP contribution is -2.28. The van der Waals surface area contributed by atoms with E-state index in [0.717, 1.165) is 19.4 Å². The number of amidine groups is 1. The van der Waals surface area contributed by atoms with Gasteiger partial charge in [-0.05, 0) is 37.1 Å². The van der Waals surface area contributed by atoms with Crippen molar-refractivity contribution in [1.29, 1.82) is 0 Å². The molecule has 2 amide bonds. The van der Waals surface area contributed by atoms with E-state index in [9.17, 15) is 14.0 Å². The van der Waals surface area contributed by atoms with Gasteiger partial charge in [0.25, 0.3) is 0 Å². The van der Waals surface area contributed by atoms with E-state index in [1.54, 1.807) is 0 Å². The van der Waals surface area contributed by atoms with Crippen LogP contribution >= 0.6 is 11.8 Å². The summed E-state index contributed by atoms with van der Waals surface area (Å²) >= 11 is 1.26. The van der Waals surface area contributed by atoms with Crippen molar-refractivity contribution in [1.82, 2.24) is 5.32 Å². The van der Waals surface area contributed by atoms with Gasteiger partial charge in [-0.3, -0.25) is 14.6 Å². The standard InChI is InChI=1S/C16H18FN3O3S/c17-10-3-5-11(6-4-10)19-14(21)8-13-15(22)20-16(24-13)18-9-12-2-1-7-23-12/h3-6,12-13H,1-2,7-9H2,(H,19,21)(H,18,20,22)/t12-,13-/m1/s1. The van der Waals surface area contributed by atoms with E-state index in [2.05, 4.69) is 15.6 Å². The van der Waals surface area contributed by atoms with Crippen LogP contribution in [0.5, 0.6) is 0 Å². The average molecular weight is 351 g/mol. The molecule has 0 unspecified atom stereocenters. The Morgan fingerprint density at radius 3 is 2.92 bits per heavy atom. The number of hydrogen-bond donors (Lipinski definition) is 2. The molecular formula is C16H18FN3O3S. The van der Waals surface area contributed by atoms with Crippen molar-refractivity contribution in [2.75, 3.05) is 18.5 Å². The van der Waals surface area contributed by atoms with Crippen molar-refractivity contribution in [3.8, 4) is 0 Å². The Kier molecular flexibility index (Phi) is 5.47. The normalized spacial score (nSPS) is 25.0. The minimum Gasteiger partial charge on any atom is -0.376 e. The van der Waals surface area contributed by atoms with Gasteiger partial charge in [-0.15, -0.1) is 0 Å². The molecule has 1 aromatic rings. The second kappa shape index (κ2) is 7.76. The van der Waals surface area contributed by atoms with E-state index in [1.165, 1.54) is 36.0 Å². The van der Waals surface area contributed by atoms with Crippen LogP contribution in [0.4, 0.5) is 10.1 Å². The summed E-state index contributed by atoms with van der Waals surface area (Å²) < 4.78 is 18.3. The quantitative estimate of drug-likeness (QED) is 0.849. The number of carbonyl (C=O) groups is 2. The van der Waals surface area contributed by atoms with Crippen molar-refractivity contribution in [3.05, 3.63) is 30.1 Å². The van der Waals surface area contributed by atoms with Gasteiger partial charge in [0.1, 0.15) is 11.1 Å². The van der Waals surface area contributed by atoms with Crippen LogP contribution in [0.3, 0.4) is 0 Å². The van der Waals surface area contributed by atoms with E-state index < -0.39 is 5.25 Å². The SMILES string of the molecule is O=C(C[C@H]1SC(=NC[C@H]2CCCO2)NC1=O)Nc1ccc(F)cc1. The van der Waals surface area contributed by atoms with Crippen molar-refractivity contribution in [2.45, 2.75) is 30.6 Å². The maximum absolute atomic E-state index is 12.8. The van der Waals surface area contributed by atoms with Crippen LogP contribution in [0.25, 0.3) is 0 Å². The highest BCUT2D eigenvalue weighted by molar-refractivity contribution is 8.15. The van der Waals surface area contributed by atoms with Crippen LogP contribution in [-0.4, -0.2) is 41.5 Å². The molecule has 0 radical (unpaired) electrons. The number of anilines is 1. The van der Waals surface area contributed by atoms with Gasteiger partial charge < -0.3 is 15.4 Å². The van der Waals surface area contributed by atoms with Crippen molar-refractivity contribution < 1.29 is 18.7 Å². The van der Waals surface area contributed by atoms with Crippen molar-refractivity contribution >= 4 is 34.4 Å². The molecule has 0 aliphatic carbocycles. The zero-order chi connectivity index (χ0) is 16.9. The molecule has 0 spiro atoms. The molecular weight excluding hydrogens is 333 g/mol. The molecule has 2 aliphatic rings. The van der Waals surface area contributed by atoms with Gasteiger partial charge in [0, 0.05) is 18.7 Å². The third-order valence-corrected chi connectivity index (χ3v) is 4.86. The highest BCUT2D eigenvalue weighted by Crippen LogP contribution is 2.23. The number of benzene rings is 1. The van der Waals surface area contributed by atoms with E-state index in [4.69, 9.17) is 4.74 Å². The summed E-state index contributed by atoms with van der Waals surface area (Å²) in [6.07, 6.45) is 2.18. The summed E-state index contributed by atoms with van der Waals surface area (Å²) in [5.41, 5.74) is 0.497. The number of halogens is 1.